The van der Waals surface area contributed by atoms with Gasteiger partial charge in [-0.05, 0) is 26.7 Å². The molecule has 0 spiro atoms. The summed E-state index contributed by atoms with van der Waals surface area (Å²) in [6.45, 7) is 6.67. The number of nitrogens with zero attached hydrogens (tertiary/aromatic N) is 4. The molecule has 0 bridgehead atoms. The van der Waals surface area contributed by atoms with Crippen molar-refractivity contribution in [1.82, 2.24) is 25.4 Å². The minimum Gasteiger partial charge on any atom is -0.383 e. The predicted octanol–water partition coefficient (Wildman–Crippen LogP) is 0.991. The fraction of sp³-hybridized carbons (Fsp3) is 0.800. The molecule has 0 aromatic carbocycles. The van der Waals surface area contributed by atoms with Crippen molar-refractivity contribution in [3.63, 3.8) is 0 Å². The second kappa shape index (κ2) is 10.8. The van der Waals surface area contributed by atoms with Crippen molar-refractivity contribution in [3.8, 4) is 0 Å². The third-order valence-corrected chi connectivity index (χ3v) is 3.88. The van der Waals surface area contributed by atoms with E-state index in [2.05, 4.69) is 32.7 Å². The van der Waals surface area contributed by atoms with Gasteiger partial charge in [0.05, 0.1) is 12.7 Å². The lowest BCUT2D eigenvalue weighted by Gasteiger charge is -2.19. The van der Waals surface area contributed by atoms with E-state index in [4.69, 9.17) is 9.47 Å². The van der Waals surface area contributed by atoms with Gasteiger partial charge < -0.3 is 24.7 Å². The molecule has 1 saturated heterocycles. The number of hydrogen-bond donors (Lipinski definition) is 2. The van der Waals surface area contributed by atoms with Crippen LogP contribution in [0.25, 0.3) is 0 Å². The van der Waals surface area contributed by atoms with E-state index in [0.717, 1.165) is 43.6 Å². The van der Waals surface area contributed by atoms with E-state index in [9.17, 15) is 0 Å². The maximum Gasteiger partial charge on any atom is 0.192 e. The van der Waals surface area contributed by atoms with Gasteiger partial charge in [0, 0.05) is 33.4 Å². The Morgan fingerprint density at radius 1 is 1.50 bits per heavy atom. The summed E-state index contributed by atoms with van der Waals surface area (Å²) in [4.78, 5) is 4.61. The maximum absolute atomic E-state index is 5.64. The number of aromatic nitrogens is 3. The average Bonchev–Trinajstić information content (AvgIpc) is 3.14. The van der Waals surface area contributed by atoms with Gasteiger partial charge in [-0.3, -0.25) is 0 Å². The van der Waals surface area contributed by atoms with Crippen LogP contribution >= 0.6 is 24.0 Å². The molecule has 2 heterocycles. The number of methoxy groups -OCH3 is 1. The van der Waals surface area contributed by atoms with Crippen molar-refractivity contribution >= 4 is 29.9 Å². The lowest BCUT2D eigenvalue weighted by Crippen LogP contribution is -2.46. The molecule has 2 N–H and O–H groups in total. The molecule has 1 aromatic rings. The standard InChI is InChI=1S/C15H28N6O2.HI/c1-11(10-22-4)18-15(16-8-13-6-5-7-23-13)17-9-14-20-19-12(2)21(14)3;/h11,13H,5-10H2,1-4H3,(H2,16,17,18);1H. The van der Waals surface area contributed by atoms with Gasteiger partial charge in [0.25, 0.3) is 0 Å². The number of aliphatic imine (C=N–C) groups is 1. The summed E-state index contributed by atoms with van der Waals surface area (Å²) in [5, 5.41) is 14.9. The molecule has 1 aliphatic heterocycles. The lowest BCUT2D eigenvalue weighted by atomic mass is 10.2. The van der Waals surface area contributed by atoms with Crippen LogP contribution in [0, 0.1) is 6.92 Å². The first-order chi connectivity index (χ1) is 11.1. The highest BCUT2D eigenvalue weighted by Gasteiger charge is 2.16. The van der Waals surface area contributed by atoms with Crippen LogP contribution in [-0.4, -0.2) is 59.7 Å². The fourth-order valence-corrected chi connectivity index (χ4v) is 2.43. The van der Waals surface area contributed by atoms with Crippen LogP contribution in [0.15, 0.2) is 4.99 Å². The van der Waals surface area contributed by atoms with Crippen molar-refractivity contribution in [3.05, 3.63) is 11.6 Å². The topological polar surface area (TPSA) is 85.6 Å². The third kappa shape index (κ3) is 6.52. The Morgan fingerprint density at radius 3 is 2.88 bits per heavy atom. The minimum absolute atomic E-state index is 0. The van der Waals surface area contributed by atoms with Crippen molar-refractivity contribution in [2.45, 2.75) is 45.4 Å². The third-order valence-electron chi connectivity index (χ3n) is 3.88. The molecule has 24 heavy (non-hydrogen) atoms. The van der Waals surface area contributed by atoms with Crippen LogP contribution in [0.3, 0.4) is 0 Å². The molecule has 0 radical (unpaired) electrons. The molecular weight excluding hydrogens is 423 g/mol. The molecule has 1 fully saturated rings. The van der Waals surface area contributed by atoms with Crippen LogP contribution < -0.4 is 10.6 Å². The van der Waals surface area contributed by atoms with E-state index in [1.165, 1.54) is 0 Å². The summed E-state index contributed by atoms with van der Waals surface area (Å²) >= 11 is 0. The number of rotatable bonds is 7. The number of aryl methyl sites for hydroxylation is 1. The highest BCUT2D eigenvalue weighted by Crippen LogP contribution is 2.10. The first-order valence-corrected chi connectivity index (χ1v) is 8.10. The maximum atomic E-state index is 5.64. The zero-order valence-electron chi connectivity index (χ0n) is 14.9. The van der Waals surface area contributed by atoms with Gasteiger partial charge in [0.15, 0.2) is 11.8 Å². The van der Waals surface area contributed by atoms with E-state index in [0.29, 0.717) is 13.2 Å². The van der Waals surface area contributed by atoms with Crippen LogP contribution in [0.4, 0.5) is 0 Å². The number of hydrogen-bond acceptors (Lipinski definition) is 5. The van der Waals surface area contributed by atoms with Crippen molar-refractivity contribution in [2.24, 2.45) is 12.0 Å². The Kier molecular flexibility index (Phi) is 9.52. The van der Waals surface area contributed by atoms with Crippen molar-refractivity contribution < 1.29 is 9.47 Å². The summed E-state index contributed by atoms with van der Waals surface area (Å²) in [6.07, 6.45) is 2.48. The largest absolute Gasteiger partial charge is 0.383 e. The van der Waals surface area contributed by atoms with Gasteiger partial charge >= 0.3 is 0 Å². The Bertz CT molecular complexity index is 516. The normalized spacial score (nSPS) is 19.0. The summed E-state index contributed by atoms with van der Waals surface area (Å²) in [6, 6.07) is 0.164. The molecule has 2 rings (SSSR count). The molecule has 138 valence electrons. The highest BCUT2D eigenvalue weighted by atomic mass is 127. The highest BCUT2D eigenvalue weighted by molar-refractivity contribution is 14.0. The summed E-state index contributed by atoms with van der Waals surface area (Å²) in [7, 11) is 3.64. The monoisotopic (exact) mass is 452 g/mol. The zero-order valence-corrected chi connectivity index (χ0v) is 17.2. The Morgan fingerprint density at radius 2 is 2.29 bits per heavy atom. The molecule has 0 aliphatic carbocycles. The number of ether oxygens (including phenoxy) is 2. The SMILES string of the molecule is COCC(C)NC(=NCc1nnc(C)n1C)NCC1CCCO1.I. The van der Waals surface area contributed by atoms with Gasteiger partial charge in [0.2, 0.25) is 0 Å². The quantitative estimate of drug-likeness (QED) is 0.365. The molecule has 2 unspecified atom stereocenters. The van der Waals surface area contributed by atoms with Crippen LogP contribution in [0.1, 0.15) is 31.4 Å². The van der Waals surface area contributed by atoms with Gasteiger partial charge in [-0.15, -0.1) is 34.2 Å². The van der Waals surface area contributed by atoms with E-state index < -0.39 is 0 Å². The summed E-state index contributed by atoms with van der Waals surface area (Å²) < 4.78 is 12.8. The molecule has 2 atom stereocenters. The Hall–Kier alpha value is -0.940. The van der Waals surface area contributed by atoms with E-state index in [1.807, 2.05) is 18.5 Å². The molecule has 1 aromatic heterocycles. The van der Waals surface area contributed by atoms with Gasteiger partial charge in [0.1, 0.15) is 12.4 Å². The lowest BCUT2D eigenvalue weighted by molar-refractivity contribution is 0.113. The van der Waals surface area contributed by atoms with E-state index in [1.54, 1.807) is 7.11 Å². The molecule has 0 amide bonds. The zero-order chi connectivity index (χ0) is 16.7. The van der Waals surface area contributed by atoms with Gasteiger partial charge in [-0.25, -0.2) is 4.99 Å². The van der Waals surface area contributed by atoms with Gasteiger partial charge in [-0.2, -0.15) is 0 Å². The average molecular weight is 452 g/mol. The van der Waals surface area contributed by atoms with Crippen molar-refractivity contribution in [2.75, 3.05) is 26.9 Å². The van der Waals surface area contributed by atoms with Crippen LogP contribution in [0.2, 0.25) is 0 Å². The number of nitrogens with one attached hydrogen (secondary N) is 2. The second-order valence-electron chi connectivity index (χ2n) is 5.90. The summed E-state index contributed by atoms with van der Waals surface area (Å²) in [5.41, 5.74) is 0. The Labute approximate surface area is 160 Å². The number of halogens is 1. The first kappa shape index (κ1) is 21.1. The van der Waals surface area contributed by atoms with Crippen LogP contribution in [-0.2, 0) is 23.1 Å². The molecule has 8 nitrogen and oxygen atoms in total. The fourth-order valence-electron chi connectivity index (χ4n) is 2.43. The molecular formula is C15H29IN6O2. The van der Waals surface area contributed by atoms with E-state index in [-0.39, 0.29) is 36.1 Å². The Balaban J connectivity index is 0.00000288. The molecule has 9 heteroatoms. The molecule has 1 aliphatic rings. The minimum atomic E-state index is 0. The number of guanidine groups is 1. The predicted molar refractivity (Wildman–Crippen MR) is 104 cm³/mol. The van der Waals surface area contributed by atoms with Gasteiger partial charge in [-0.1, -0.05) is 0 Å². The first-order valence-electron chi connectivity index (χ1n) is 8.10. The van der Waals surface area contributed by atoms with Crippen LogP contribution in [0.5, 0.6) is 0 Å². The van der Waals surface area contributed by atoms with Crippen molar-refractivity contribution in [1.29, 1.82) is 0 Å². The smallest absolute Gasteiger partial charge is 0.192 e. The molecule has 0 saturated carbocycles. The van der Waals surface area contributed by atoms with E-state index >= 15 is 0 Å². The summed E-state index contributed by atoms with van der Waals surface area (Å²) in [5.74, 6) is 2.45. The second-order valence-corrected chi connectivity index (χ2v) is 5.90.